The molecule has 0 amide bonds. The zero-order valence-corrected chi connectivity index (χ0v) is 22.5. The van der Waals surface area contributed by atoms with Gasteiger partial charge in [-0.3, -0.25) is 13.7 Å². The molecule has 0 aliphatic carbocycles. The number of nitrogen functional groups attached to an aromatic ring is 1. The van der Waals surface area contributed by atoms with Crippen LogP contribution >= 0.6 is 23.5 Å². The van der Waals surface area contributed by atoms with Crippen LogP contribution in [-0.2, 0) is 31.6 Å². The largest absolute Gasteiger partial charge is 1.00 e. The zero-order chi connectivity index (χ0) is 22.2. The fourth-order valence-electron chi connectivity index (χ4n) is 2.18. The Morgan fingerprint density at radius 1 is 1.16 bits per heavy atom. The van der Waals surface area contributed by atoms with Crippen molar-refractivity contribution in [1.82, 2.24) is 9.55 Å². The van der Waals surface area contributed by atoms with E-state index in [9.17, 15) is 38.5 Å². The second-order valence-corrected chi connectivity index (χ2v) is 9.77. The number of nitrogens with zero attached hydrogens (tertiary/aromatic N) is 2. The second-order valence-electron chi connectivity index (χ2n) is 5.43. The molecule has 1 fully saturated rings. The quantitative estimate of drug-likeness (QED) is 0.155. The first-order chi connectivity index (χ1) is 13.1. The molecule has 6 N–H and O–H groups in total. The Kier molecular flexibility index (Phi) is 12.5. The Morgan fingerprint density at radius 3 is 2.26 bits per heavy atom. The fourth-order valence-corrected chi connectivity index (χ4v) is 5.14. The van der Waals surface area contributed by atoms with Gasteiger partial charge in [-0.15, -0.1) is 0 Å². The topological polar surface area (TPSA) is 276 Å². The normalized spacial score (nSPS) is 29.0. The number of nitrogens with two attached hydrogens (primary N) is 1. The summed E-state index contributed by atoms with van der Waals surface area (Å²) in [4.78, 5) is 54.4. The Morgan fingerprint density at radius 2 is 1.74 bits per heavy atom. The van der Waals surface area contributed by atoms with E-state index in [1.54, 1.807) is 0 Å². The van der Waals surface area contributed by atoms with Crippen LogP contribution in [0.1, 0.15) is 6.23 Å². The molecule has 17 nitrogen and oxygen atoms in total. The monoisotopic (exact) mass is 527 g/mol. The molecule has 2 heterocycles. The summed E-state index contributed by atoms with van der Waals surface area (Å²) in [7, 11) is -17.4. The number of aromatic nitrogens is 2. The predicted molar refractivity (Wildman–Crippen MR) is 84.2 cm³/mol. The smallest absolute Gasteiger partial charge is 0.756 e. The molecule has 6 unspecified atom stereocenters. The van der Waals surface area contributed by atoms with Crippen LogP contribution in [0.4, 0.5) is 5.82 Å². The number of ether oxygens (including phenoxy) is 1. The first kappa shape index (κ1) is 32.0. The minimum Gasteiger partial charge on any atom is -0.756 e. The van der Waals surface area contributed by atoms with E-state index in [-0.39, 0.29) is 64.9 Å². The molecule has 1 aliphatic rings. The first-order valence-corrected chi connectivity index (χ1v) is 11.7. The van der Waals surface area contributed by atoms with Crippen molar-refractivity contribution in [3.8, 4) is 0 Å². The van der Waals surface area contributed by atoms with E-state index in [0.717, 1.165) is 10.8 Å². The maximum atomic E-state index is 11.8. The molecule has 7 atom stereocenters. The molecule has 1 aromatic rings. The van der Waals surface area contributed by atoms with Gasteiger partial charge >= 0.3 is 72.6 Å². The van der Waals surface area contributed by atoms with Gasteiger partial charge in [0, 0.05) is 6.20 Å². The molecule has 0 saturated carbocycles. The van der Waals surface area contributed by atoms with Crippen LogP contribution < -0.4 is 80.3 Å². The average Bonchev–Trinajstić information content (AvgIpc) is 2.78. The minimum atomic E-state index is -5.84. The maximum Gasteiger partial charge on any atom is 1.00 e. The van der Waals surface area contributed by atoms with Crippen molar-refractivity contribution in [2.24, 2.45) is 0 Å². The van der Waals surface area contributed by atoms with Crippen molar-refractivity contribution in [2.75, 3.05) is 12.3 Å². The molecular weight excluding hydrogens is 513 g/mol. The Balaban J connectivity index is 0.00000450. The van der Waals surface area contributed by atoms with Crippen molar-refractivity contribution in [3.05, 3.63) is 22.7 Å². The summed E-state index contributed by atoms with van der Waals surface area (Å²) in [5.74, 6) is -0.134. The van der Waals surface area contributed by atoms with Crippen LogP contribution in [0.5, 0.6) is 0 Å². The van der Waals surface area contributed by atoms with Gasteiger partial charge in [0.15, 0.2) is 6.23 Å². The fraction of sp³-hybridized carbons (Fsp3) is 0.556. The first-order valence-electron chi connectivity index (χ1n) is 7.21. The van der Waals surface area contributed by atoms with E-state index in [2.05, 4.69) is 18.1 Å². The van der Waals surface area contributed by atoms with Crippen molar-refractivity contribution < 1.29 is 120 Å². The summed E-state index contributed by atoms with van der Waals surface area (Å²) < 4.78 is 49.9. The van der Waals surface area contributed by atoms with E-state index >= 15 is 0 Å². The number of hydrogen-bond donors (Lipinski definition) is 5. The number of aliphatic hydroxyl groups is 2. The van der Waals surface area contributed by atoms with Gasteiger partial charge in [0.1, 0.15) is 24.1 Å². The number of phosphoric ester groups is 1. The summed E-state index contributed by atoms with van der Waals surface area (Å²) in [6.07, 6.45) is -5.55. The van der Waals surface area contributed by atoms with Gasteiger partial charge in [-0.1, -0.05) is 0 Å². The maximum absolute atomic E-state index is 11.8. The van der Waals surface area contributed by atoms with Gasteiger partial charge in [-0.25, -0.2) is 18.0 Å². The van der Waals surface area contributed by atoms with E-state index in [0.29, 0.717) is 0 Å². The van der Waals surface area contributed by atoms with Crippen LogP contribution in [0.3, 0.4) is 0 Å². The third-order valence-electron chi connectivity index (χ3n) is 3.27. The van der Waals surface area contributed by atoms with Crippen LogP contribution in [0.25, 0.3) is 0 Å². The number of phosphoric acid groups is 3. The van der Waals surface area contributed by atoms with E-state index < -0.39 is 60.3 Å². The van der Waals surface area contributed by atoms with Gasteiger partial charge in [-0.2, -0.15) is 4.98 Å². The number of hydrogen-bond acceptors (Lipinski definition) is 14. The zero-order valence-electron chi connectivity index (χ0n) is 15.9. The molecule has 0 radical (unpaired) electrons. The van der Waals surface area contributed by atoms with Crippen molar-refractivity contribution >= 4 is 29.3 Å². The molecule has 22 heteroatoms. The second kappa shape index (κ2) is 12.1. The number of anilines is 1. The molecule has 31 heavy (non-hydrogen) atoms. The number of aliphatic hydroxyl groups excluding tert-OH is 2. The van der Waals surface area contributed by atoms with E-state index in [4.69, 9.17) is 20.3 Å². The summed E-state index contributed by atoms with van der Waals surface area (Å²) in [5, 5.41) is 19.9. The van der Waals surface area contributed by atoms with Crippen LogP contribution in [0.2, 0.25) is 0 Å². The van der Waals surface area contributed by atoms with Gasteiger partial charge in [0.25, 0.3) is 15.6 Å². The predicted octanol–water partition coefficient (Wildman–Crippen LogP) is -9.47. The Labute approximate surface area is 217 Å². The molecule has 0 aromatic carbocycles. The van der Waals surface area contributed by atoms with Crippen molar-refractivity contribution in [3.63, 3.8) is 0 Å². The molecule has 2 rings (SSSR count). The average molecular weight is 527 g/mol. The standard InChI is InChI=1S/C9H16N3O14P3.2Na/c10-5-1-2-12(9(15)11-5)8-7(14)6(13)4(24-8)3-23-28(19,20)26-29(21,22)25-27(16,17)18;;/h1-2,4,6-8,13-14H,3H2,(H,19,20)(H,21,22)(H2,10,11,15)(H2,16,17,18);;/q;2*+1/p-2/t4?,6?,7-,8?;;/m0../s1. The number of rotatable bonds is 8. The third kappa shape index (κ3) is 9.62. The molecular formula is C9H14N3Na2O14P3. The van der Waals surface area contributed by atoms with Crippen molar-refractivity contribution in [1.29, 1.82) is 0 Å². The van der Waals surface area contributed by atoms with Gasteiger partial charge < -0.3 is 44.8 Å². The van der Waals surface area contributed by atoms with Gasteiger partial charge in [0.05, 0.1) is 6.61 Å². The van der Waals surface area contributed by atoms with E-state index in [1.807, 2.05) is 0 Å². The molecule has 0 spiro atoms. The molecule has 1 aromatic heterocycles. The molecule has 0 bridgehead atoms. The molecule has 1 aliphatic heterocycles. The van der Waals surface area contributed by atoms with E-state index in [1.165, 1.54) is 6.07 Å². The summed E-state index contributed by atoms with van der Waals surface area (Å²) >= 11 is 0. The van der Waals surface area contributed by atoms with Crippen molar-refractivity contribution in [2.45, 2.75) is 24.5 Å². The molecule has 166 valence electrons. The Bertz CT molecular complexity index is 956. The minimum absolute atomic E-state index is 0. The summed E-state index contributed by atoms with van der Waals surface area (Å²) in [6, 6.07) is 1.18. The van der Waals surface area contributed by atoms with Gasteiger partial charge in [0.2, 0.25) is 0 Å². The third-order valence-corrected chi connectivity index (χ3v) is 7.01. The van der Waals surface area contributed by atoms with Crippen LogP contribution in [0, 0.1) is 0 Å². The molecule has 1 saturated heterocycles. The Hall–Kier alpha value is 0.970. The van der Waals surface area contributed by atoms with Gasteiger partial charge in [-0.05, 0) is 6.07 Å². The SMILES string of the molecule is Nc1ccn(C2OC(COP(=O)([O-])OP(=O)(O)OP(=O)([O-])O)C(O)[C@@H]2O)c(=O)n1.[Na+].[Na+]. The summed E-state index contributed by atoms with van der Waals surface area (Å²) in [5.41, 5.74) is 4.36. The van der Waals surface area contributed by atoms with Crippen LogP contribution in [0.15, 0.2) is 17.1 Å². The van der Waals surface area contributed by atoms with Crippen LogP contribution in [-0.4, -0.2) is 54.5 Å². The summed E-state index contributed by atoms with van der Waals surface area (Å²) in [6.45, 7) is -1.10.